The zero-order chi connectivity index (χ0) is 16.0. The maximum atomic E-state index is 12.5. The lowest BCUT2D eigenvalue weighted by Crippen LogP contribution is -2.51. The van der Waals surface area contributed by atoms with Gasteiger partial charge >= 0.3 is 6.03 Å². The van der Waals surface area contributed by atoms with Crippen LogP contribution in [0.5, 0.6) is 0 Å². The number of aliphatic hydroxyl groups excluding tert-OH is 1. The van der Waals surface area contributed by atoms with Crippen LogP contribution in [-0.2, 0) is 5.41 Å². The standard InChI is InChI=1S/C17H27N3O2/c1-17(2,14-6-9-18-10-7-14)13-19-16(22)20-11-4-3-5-15(20)8-12-21/h6-7,9-10,15,21H,3-5,8,11-13H2,1-2H3,(H,19,22). The minimum Gasteiger partial charge on any atom is -0.396 e. The summed E-state index contributed by atoms with van der Waals surface area (Å²) in [6.07, 6.45) is 7.39. The van der Waals surface area contributed by atoms with E-state index >= 15 is 0 Å². The van der Waals surface area contributed by atoms with E-state index in [2.05, 4.69) is 24.1 Å². The molecule has 5 heteroatoms. The Hall–Kier alpha value is -1.62. The number of urea groups is 1. The van der Waals surface area contributed by atoms with Gasteiger partial charge in [0.25, 0.3) is 0 Å². The minimum absolute atomic E-state index is 0.0136. The van der Waals surface area contributed by atoms with Crippen LogP contribution in [0.1, 0.15) is 45.1 Å². The molecule has 1 fully saturated rings. The third-order valence-corrected chi connectivity index (χ3v) is 4.49. The van der Waals surface area contributed by atoms with Crippen LogP contribution in [0.3, 0.4) is 0 Å². The van der Waals surface area contributed by atoms with Crippen molar-refractivity contribution in [3.05, 3.63) is 30.1 Å². The van der Waals surface area contributed by atoms with Crippen LogP contribution < -0.4 is 5.32 Å². The summed E-state index contributed by atoms with van der Waals surface area (Å²) in [6, 6.07) is 4.13. The highest BCUT2D eigenvalue weighted by molar-refractivity contribution is 5.74. The van der Waals surface area contributed by atoms with Gasteiger partial charge in [0.1, 0.15) is 0 Å². The number of rotatable bonds is 5. The summed E-state index contributed by atoms with van der Waals surface area (Å²) in [5.41, 5.74) is 1.02. The Labute approximate surface area is 132 Å². The first-order valence-electron chi connectivity index (χ1n) is 8.10. The van der Waals surface area contributed by atoms with Crippen molar-refractivity contribution in [2.24, 2.45) is 0 Å². The Morgan fingerprint density at radius 1 is 1.41 bits per heavy atom. The van der Waals surface area contributed by atoms with Crippen LogP contribution in [0.15, 0.2) is 24.5 Å². The summed E-state index contributed by atoms with van der Waals surface area (Å²) in [5, 5.41) is 12.2. The van der Waals surface area contributed by atoms with Crippen molar-refractivity contribution in [3.63, 3.8) is 0 Å². The highest BCUT2D eigenvalue weighted by Gasteiger charge is 2.28. The maximum Gasteiger partial charge on any atom is 0.317 e. The number of amides is 2. The van der Waals surface area contributed by atoms with Crippen molar-refractivity contribution in [2.75, 3.05) is 19.7 Å². The molecular formula is C17H27N3O2. The van der Waals surface area contributed by atoms with Gasteiger partial charge in [0.2, 0.25) is 0 Å². The number of nitrogens with zero attached hydrogens (tertiary/aromatic N) is 2. The molecule has 0 aliphatic carbocycles. The van der Waals surface area contributed by atoms with E-state index in [0.717, 1.165) is 31.4 Å². The molecule has 0 radical (unpaired) electrons. The van der Waals surface area contributed by atoms with Gasteiger partial charge in [0.15, 0.2) is 0 Å². The van der Waals surface area contributed by atoms with E-state index < -0.39 is 0 Å². The third-order valence-electron chi connectivity index (χ3n) is 4.49. The number of aliphatic hydroxyl groups is 1. The van der Waals surface area contributed by atoms with Crippen molar-refractivity contribution < 1.29 is 9.90 Å². The Balaban J connectivity index is 1.93. The summed E-state index contributed by atoms with van der Waals surface area (Å²) < 4.78 is 0. The molecule has 1 atom stereocenters. The molecule has 2 heterocycles. The molecule has 5 nitrogen and oxygen atoms in total. The van der Waals surface area contributed by atoms with E-state index in [1.54, 1.807) is 12.4 Å². The van der Waals surface area contributed by atoms with Crippen molar-refractivity contribution in [1.29, 1.82) is 0 Å². The predicted molar refractivity (Wildman–Crippen MR) is 86.7 cm³/mol. The minimum atomic E-state index is -0.138. The van der Waals surface area contributed by atoms with Gasteiger partial charge in [0, 0.05) is 43.5 Å². The number of piperidine rings is 1. The molecule has 1 aliphatic rings. The maximum absolute atomic E-state index is 12.5. The number of nitrogens with one attached hydrogen (secondary N) is 1. The molecule has 1 unspecified atom stereocenters. The monoisotopic (exact) mass is 305 g/mol. The molecule has 1 aliphatic heterocycles. The Morgan fingerprint density at radius 3 is 2.82 bits per heavy atom. The molecule has 1 saturated heterocycles. The molecule has 0 bridgehead atoms. The van der Waals surface area contributed by atoms with Crippen LogP contribution in [0, 0.1) is 0 Å². The summed E-state index contributed by atoms with van der Waals surface area (Å²) in [4.78, 5) is 18.4. The first kappa shape index (κ1) is 16.7. The lowest BCUT2D eigenvalue weighted by atomic mass is 9.85. The van der Waals surface area contributed by atoms with Crippen LogP contribution in [-0.4, -0.2) is 46.8 Å². The first-order chi connectivity index (χ1) is 10.5. The summed E-state index contributed by atoms with van der Waals surface area (Å²) in [6.45, 7) is 5.73. The van der Waals surface area contributed by atoms with Gasteiger partial charge in [0.05, 0.1) is 0 Å². The average molecular weight is 305 g/mol. The molecule has 122 valence electrons. The fraction of sp³-hybridized carbons (Fsp3) is 0.647. The molecule has 2 rings (SSSR count). The number of hydrogen-bond donors (Lipinski definition) is 2. The summed E-state index contributed by atoms with van der Waals surface area (Å²) >= 11 is 0. The third kappa shape index (κ3) is 4.19. The van der Waals surface area contributed by atoms with Crippen LogP contribution in [0.25, 0.3) is 0 Å². The Bertz CT molecular complexity index is 474. The van der Waals surface area contributed by atoms with E-state index in [9.17, 15) is 4.79 Å². The smallest absolute Gasteiger partial charge is 0.317 e. The Kier molecular flexibility index (Phi) is 5.77. The Morgan fingerprint density at radius 2 is 2.14 bits per heavy atom. The number of aromatic nitrogens is 1. The molecule has 1 aromatic heterocycles. The average Bonchev–Trinajstić information content (AvgIpc) is 2.54. The van der Waals surface area contributed by atoms with Gasteiger partial charge in [-0.25, -0.2) is 4.79 Å². The number of likely N-dealkylation sites (tertiary alicyclic amines) is 1. The quantitative estimate of drug-likeness (QED) is 0.877. The molecule has 2 N–H and O–H groups in total. The number of carbonyl (C=O) groups excluding carboxylic acids is 1. The highest BCUT2D eigenvalue weighted by Crippen LogP contribution is 2.23. The summed E-state index contributed by atoms with van der Waals surface area (Å²) in [5.74, 6) is 0. The molecule has 0 aromatic carbocycles. The van der Waals surface area contributed by atoms with Crippen molar-refractivity contribution >= 4 is 6.03 Å². The second kappa shape index (κ2) is 7.58. The first-order valence-corrected chi connectivity index (χ1v) is 8.10. The van der Waals surface area contributed by atoms with Crippen LogP contribution in [0.2, 0.25) is 0 Å². The molecule has 1 aromatic rings. The van der Waals surface area contributed by atoms with Crippen molar-refractivity contribution in [1.82, 2.24) is 15.2 Å². The van der Waals surface area contributed by atoms with Gasteiger partial charge in [-0.1, -0.05) is 13.8 Å². The lowest BCUT2D eigenvalue weighted by Gasteiger charge is -2.36. The highest BCUT2D eigenvalue weighted by atomic mass is 16.3. The van der Waals surface area contributed by atoms with Gasteiger partial charge in [-0.3, -0.25) is 4.98 Å². The molecule has 2 amide bonds. The fourth-order valence-corrected chi connectivity index (χ4v) is 3.02. The number of pyridine rings is 1. The van der Waals surface area contributed by atoms with E-state index in [4.69, 9.17) is 5.11 Å². The zero-order valence-corrected chi connectivity index (χ0v) is 13.6. The second-order valence-electron chi connectivity index (χ2n) is 6.63. The van der Waals surface area contributed by atoms with Crippen LogP contribution >= 0.6 is 0 Å². The SMILES string of the molecule is CC(C)(CNC(=O)N1CCCCC1CCO)c1ccncc1. The molecule has 22 heavy (non-hydrogen) atoms. The predicted octanol–water partition coefficient (Wildman–Crippen LogP) is 2.31. The van der Waals surface area contributed by atoms with E-state index in [1.807, 2.05) is 17.0 Å². The fourth-order valence-electron chi connectivity index (χ4n) is 3.02. The van der Waals surface area contributed by atoms with Gasteiger partial charge < -0.3 is 15.3 Å². The largest absolute Gasteiger partial charge is 0.396 e. The van der Waals surface area contributed by atoms with Crippen molar-refractivity contribution in [2.45, 2.75) is 51.0 Å². The number of carbonyl (C=O) groups is 1. The number of hydrogen-bond acceptors (Lipinski definition) is 3. The zero-order valence-electron chi connectivity index (χ0n) is 13.6. The molecule has 0 saturated carbocycles. The van der Waals surface area contributed by atoms with Crippen molar-refractivity contribution in [3.8, 4) is 0 Å². The normalized spacial score (nSPS) is 19.0. The van der Waals surface area contributed by atoms with Gasteiger partial charge in [-0.05, 0) is 43.4 Å². The van der Waals surface area contributed by atoms with Gasteiger partial charge in [-0.2, -0.15) is 0 Å². The van der Waals surface area contributed by atoms with Crippen LogP contribution in [0.4, 0.5) is 4.79 Å². The summed E-state index contributed by atoms with van der Waals surface area (Å²) in [7, 11) is 0. The van der Waals surface area contributed by atoms with E-state index in [-0.39, 0.29) is 24.1 Å². The van der Waals surface area contributed by atoms with Gasteiger partial charge in [-0.15, -0.1) is 0 Å². The molecular weight excluding hydrogens is 278 g/mol. The molecule has 0 spiro atoms. The second-order valence-corrected chi connectivity index (χ2v) is 6.63. The van der Waals surface area contributed by atoms with E-state index in [0.29, 0.717) is 13.0 Å². The van der Waals surface area contributed by atoms with E-state index in [1.165, 1.54) is 0 Å². The topological polar surface area (TPSA) is 65.5 Å². The lowest BCUT2D eigenvalue weighted by molar-refractivity contribution is 0.130.